The summed E-state index contributed by atoms with van der Waals surface area (Å²) in [6.07, 6.45) is 0. The second kappa shape index (κ2) is 3.74. The molecular formula is C9H8BrNOS. The molecule has 0 radical (unpaired) electrons. The zero-order valence-corrected chi connectivity index (χ0v) is 9.18. The number of hydroxylamine groups is 2. The van der Waals surface area contributed by atoms with Gasteiger partial charge in [0.2, 0.25) is 0 Å². The third kappa shape index (κ3) is 1.90. The standard InChI is InChI=1S/C9H8BrNOS/c10-8-3-1-7(2-4-8)9-5-13-6-11(9)12/h1-5,12H,6H2. The maximum absolute atomic E-state index is 9.44. The zero-order valence-electron chi connectivity index (χ0n) is 6.77. The molecule has 68 valence electrons. The Kier molecular flexibility index (Phi) is 2.62. The predicted molar refractivity (Wildman–Crippen MR) is 58.2 cm³/mol. The molecule has 1 aromatic rings. The molecule has 0 aliphatic carbocycles. The second-order valence-electron chi connectivity index (χ2n) is 2.71. The monoisotopic (exact) mass is 257 g/mol. The van der Waals surface area contributed by atoms with E-state index in [1.807, 2.05) is 29.7 Å². The van der Waals surface area contributed by atoms with Crippen molar-refractivity contribution in [3.8, 4) is 0 Å². The van der Waals surface area contributed by atoms with E-state index in [-0.39, 0.29) is 0 Å². The highest BCUT2D eigenvalue weighted by Gasteiger charge is 2.14. The number of rotatable bonds is 1. The smallest absolute Gasteiger partial charge is 0.0949 e. The van der Waals surface area contributed by atoms with Gasteiger partial charge in [-0.1, -0.05) is 28.1 Å². The Morgan fingerprint density at radius 1 is 1.31 bits per heavy atom. The summed E-state index contributed by atoms with van der Waals surface area (Å²) in [6, 6.07) is 7.88. The van der Waals surface area contributed by atoms with Gasteiger partial charge in [0, 0.05) is 10.0 Å². The average Bonchev–Trinajstić information content (AvgIpc) is 2.53. The van der Waals surface area contributed by atoms with E-state index >= 15 is 0 Å². The minimum Gasteiger partial charge on any atom is -0.288 e. The van der Waals surface area contributed by atoms with Gasteiger partial charge in [-0.05, 0) is 17.5 Å². The summed E-state index contributed by atoms with van der Waals surface area (Å²) in [5.74, 6) is 0.616. The molecular weight excluding hydrogens is 250 g/mol. The Morgan fingerprint density at radius 3 is 2.54 bits per heavy atom. The Labute approximate surface area is 89.3 Å². The Morgan fingerprint density at radius 2 is 2.00 bits per heavy atom. The van der Waals surface area contributed by atoms with Crippen LogP contribution in [-0.2, 0) is 0 Å². The number of hydrogen-bond acceptors (Lipinski definition) is 3. The highest BCUT2D eigenvalue weighted by Crippen LogP contribution is 2.29. The number of benzene rings is 1. The molecule has 1 aliphatic heterocycles. The van der Waals surface area contributed by atoms with E-state index in [1.165, 1.54) is 5.06 Å². The van der Waals surface area contributed by atoms with Gasteiger partial charge in [-0.25, -0.2) is 5.06 Å². The maximum Gasteiger partial charge on any atom is 0.0949 e. The lowest BCUT2D eigenvalue weighted by atomic mass is 10.2. The third-order valence-electron chi connectivity index (χ3n) is 1.81. The van der Waals surface area contributed by atoms with Crippen molar-refractivity contribution in [1.82, 2.24) is 5.06 Å². The first-order valence-corrected chi connectivity index (χ1v) is 5.65. The molecule has 2 nitrogen and oxygen atoms in total. The molecule has 0 saturated heterocycles. The van der Waals surface area contributed by atoms with E-state index < -0.39 is 0 Å². The number of halogens is 1. The van der Waals surface area contributed by atoms with E-state index in [1.54, 1.807) is 11.8 Å². The summed E-state index contributed by atoms with van der Waals surface area (Å²) in [4.78, 5) is 0. The topological polar surface area (TPSA) is 23.5 Å². The van der Waals surface area contributed by atoms with E-state index in [0.717, 1.165) is 15.7 Å². The molecule has 0 fully saturated rings. The number of nitrogens with zero attached hydrogens (tertiary/aromatic N) is 1. The molecule has 0 atom stereocenters. The molecule has 1 aliphatic rings. The molecule has 1 aromatic carbocycles. The van der Waals surface area contributed by atoms with Crippen molar-refractivity contribution in [3.63, 3.8) is 0 Å². The van der Waals surface area contributed by atoms with Crippen LogP contribution in [-0.4, -0.2) is 16.1 Å². The Balaban J connectivity index is 2.30. The van der Waals surface area contributed by atoms with Gasteiger partial charge < -0.3 is 0 Å². The van der Waals surface area contributed by atoms with Crippen molar-refractivity contribution in [1.29, 1.82) is 0 Å². The number of hydrogen-bond donors (Lipinski definition) is 1. The molecule has 0 spiro atoms. The van der Waals surface area contributed by atoms with Crippen LogP contribution in [0.1, 0.15) is 5.56 Å². The lowest BCUT2D eigenvalue weighted by molar-refractivity contribution is -0.00409. The van der Waals surface area contributed by atoms with Gasteiger partial charge in [0.15, 0.2) is 0 Å². The van der Waals surface area contributed by atoms with E-state index in [2.05, 4.69) is 15.9 Å². The minimum atomic E-state index is 0.616. The second-order valence-corrected chi connectivity index (χ2v) is 4.45. The lowest BCUT2D eigenvalue weighted by Gasteiger charge is -2.12. The Bertz CT molecular complexity index is 336. The summed E-state index contributed by atoms with van der Waals surface area (Å²) in [6.45, 7) is 0. The van der Waals surface area contributed by atoms with Crippen LogP contribution < -0.4 is 0 Å². The minimum absolute atomic E-state index is 0.616. The van der Waals surface area contributed by atoms with Crippen LogP contribution >= 0.6 is 27.7 Å². The average molecular weight is 258 g/mol. The van der Waals surface area contributed by atoms with Gasteiger partial charge in [0.05, 0.1) is 11.6 Å². The summed E-state index contributed by atoms with van der Waals surface area (Å²) in [5, 5.41) is 12.7. The highest BCUT2D eigenvalue weighted by atomic mass is 79.9. The van der Waals surface area contributed by atoms with Gasteiger partial charge >= 0.3 is 0 Å². The van der Waals surface area contributed by atoms with E-state index in [9.17, 15) is 5.21 Å². The van der Waals surface area contributed by atoms with Gasteiger partial charge in [-0.2, -0.15) is 0 Å². The largest absolute Gasteiger partial charge is 0.288 e. The summed E-state index contributed by atoms with van der Waals surface area (Å²) >= 11 is 4.96. The highest BCUT2D eigenvalue weighted by molar-refractivity contribution is 9.10. The van der Waals surface area contributed by atoms with E-state index in [4.69, 9.17) is 0 Å². The first-order valence-electron chi connectivity index (χ1n) is 3.81. The first kappa shape index (κ1) is 9.12. The van der Waals surface area contributed by atoms with Crippen LogP contribution in [0.15, 0.2) is 34.1 Å². The van der Waals surface area contributed by atoms with Gasteiger partial charge in [0.1, 0.15) is 0 Å². The van der Waals surface area contributed by atoms with E-state index in [0.29, 0.717) is 5.88 Å². The summed E-state index contributed by atoms with van der Waals surface area (Å²) in [7, 11) is 0. The number of thioether (sulfide) groups is 1. The summed E-state index contributed by atoms with van der Waals surface area (Å²) in [5.41, 5.74) is 1.91. The molecule has 0 bridgehead atoms. The molecule has 4 heteroatoms. The zero-order chi connectivity index (χ0) is 9.26. The Hall–Kier alpha value is -0.450. The van der Waals surface area contributed by atoms with Crippen LogP contribution in [0, 0.1) is 0 Å². The van der Waals surface area contributed by atoms with Crippen molar-refractivity contribution < 1.29 is 5.21 Å². The van der Waals surface area contributed by atoms with Gasteiger partial charge in [0.25, 0.3) is 0 Å². The van der Waals surface area contributed by atoms with Crippen LogP contribution in [0.5, 0.6) is 0 Å². The van der Waals surface area contributed by atoms with Gasteiger partial charge in [-0.15, -0.1) is 11.8 Å². The van der Waals surface area contributed by atoms with Crippen LogP contribution in [0.2, 0.25) is 0 Å². The van der Waals surface area contributed by atoms with Crippen LogP contribution in [0.25, 0.3) is 5.70 Å². The van der Waals surface area contributed by atoms with Crippen LogP contribution in [0.4, 0.5) is 0 Å². The molecule has 0 aromatic heterocycles. The fourth-order valence-electron chi connectivity index (χ4n) is 1.15. The van der Waals surface area contributed by atoms with Crippen molar-refractivity contribution in [3.05, 3.63) is 39.7 Å². The predicted octanol–water partition coefficient (Wildman–Crippen LogP) is 3.14. The fraction of sp³-hybridized carbons (Fsp3) is 0.111. The van der Waals surface area contributed by atoms with Gasteiger partial charge in [-0.3, -0.25) is 5.21 Å². The van der Waals surface area contributed by atoms with Crippen molar-refractivity contribution in [2.45, 2.75) is 0 Å². The normalized spacial score (nSPS) is 16.2. The molecule has 2 rings (SSSR count). The molecule has 13 heavy (non-hydrogen) atoms. The maximum atomic E-state index is 9.44. The molecule has 1 heterocycles. The lowest BCUT2D eigenvalue weighted by Crippen LogP contribution is -2.11. The molecule has 1 N–H and O–H groups in total. The molecule has 0 saturated carbocycles. The first-order chi connectivity index (χ1) is 6.27. The molecule has 0 amide bonds. The summed E-state index contributed by atoms with van der Waals surface area (Å²) < 4.78 is 1.05. The fourth-order valence-corrected chi connectivity index (χ4v) is 2.19. The van der Waals surface area contributed by atoms with Crippen molar-refractivity contribution in [2.24, 2.45) is 0 Å². The van der Waals surface area contributed by atoms with Crippen molar-refractivity contribution in [2.75, 3.05) is 5.88 Å². The van der Waals surface area contributed by atoms with Crippen molar-refractivity contribution >= 4 is 33.4 Å². The van der Waals surface area contributed by atoms with Crippen LogP contribution in [0.3, 0.4) is 0 Å². The quantitative estimate of drug-likeness (QED) is 0.837. The SMILES string of the molecule is ON1CSC=C1c1ccc(Br)cc1. The third-order valence-corrected chi connectivity index (χ3v) is 3.12. The molecule has 0 unspecified atom stereocenters.